The third-order valence-electron chi connectivity index (χ3n) is 4.04. The first-order valence-electron chi connectivity index (χ1n) is 7.95. The number of pyridine rings is 1. The smallest absolute Gasteiger partial charge is 0.261 e. The lowest BCUT2D eigenvalue weighted by Gasteiger charge is -2.36. The van der Waals surface area contributed by atoms with Gasteiger partial charge in [0.2, 0.25) is 0 Å². The molecule has 1 aliphatic rings. The number of hydrogen-bond acceptors (Lipinski definition) is 5. The Morgan fingerprint density at radius 3 is 3.00 bits per heavy atom. The molecule has 1 N–H and O–H groups in total. The van der Waals surface area contributed by atoms with Crippen LogP contribution in [0.5, 0.6) is 11.5 Å². The number of amides is 1. The molecule has 1 unspecified atom stereocenters. The van der Waals surface area contributed by atoms with Gasteiger partial charge in [-0.15, -0.1) is 0 Å². The maximum atomic E-state index is 12.6. The van der Waals surface area contributed by atoms with Crippen molar-refractivity contribution in [2.45, 2.75) is 6.04 Å². The number of benzene rings is 1. The third kappa shape index (κ3) is 3.83. The van der Waals surface area contributed by atoms with Gasteiger partial charge in [-0.25, -0.2) is 0 Å². The molecule has 0 bridgehead atoms. The van der Waals surface area contributed by atoms with Crippen LogP contribution >= 0.6 is 0 Å². The van der Waals surface area contributed by atoms with Crippen LogP contribution in [0.15, 0.2) is 48.8 Å². The van der Waals surface area contributed by atoms with E-state index in [1.165, 1.54) is 0 Å². The Balaban J connectivity index is 1.66. The van der Waals surface area contributed by atoms with Crippen LogP contribution in [0.1, 0.15) is 11.6 Å². The average molecular weight is 327 g/mol. The summed E-state index contributed by atoms with van der Waals surface area (Å²) in [5.74, 6) is 1.29. The molecule has 1 aromatic carbocycles. The summed E-state index contributed by atoms with van der Waals surface area (Å²) in [7, 11) is 1.60. The zero-order chi connectivity index (χ0) is 16.8. The summed E-state index contributed by atoms with van der Waals surface area (Å²) in [6, 6.07) is 11.1. The second kappa shape index (κ2) is 7.79. The summed E-state index contributed by atoms with van der Waals surface area (Å²) in [6.45, 7) is 2.15. The van der Waals surface area contributed by atoms with Crippen LogP contribution in [0, 0.1) is 0 Å². The van der Waals surface area contributed by atoms with E-state index >= 15 is 0 Å². The van der Waals surface area contributed by atoms with Crippen molar-refractivity contribution in [3.63, 3.8) is 0 Å². The number of piperazine rings is 1. The van der Waals surface area contributed by atoms with E-state index in [1.54, 1.807) is 25.6 Å². The van der Waals surface area contributed by atoms with Crippen molar-refractivity contribution < 1.29 is 14.3 Å². The Hall–Kier alpha value is -2.60. The van der Waals surface area contributed by atoms with Crippen molar-refractivity contribution >= 4 is 5.91 Å². The van der Waals surface area contributed by atoms with Crippen LogP contribution in [0.4, 0.5) is 0 Å². The molecule has 1 fully saturated rings. The zero-order valence-electron chi connectivity index (χ0n) is 13.6. The molecule has 2 heterocycles. The lowest BCUT2D eigenvalue weighted by Crippen LogP contribution is -2.50. The number of hydrogen-bond donors (Lipinski definition) is 1. The Morgan fingerprint density at radius 2 is 2.21 bits per heavy atom. The van der Waals surface area contributed by atoms with E-state index in [2.05, 4.69) is 10.3 Å². The number of ether oxygens (including phenoxy) is 2. The van der Waals surface area contributed by atoms with Crippen molar-refractivity contribution in [3.05, 3.63) is 54.4 Å². The number of nitrogens with zero attached hydrogens (tertiary/aromatic N) is 2. The van der Waals surface area contributed by atoms with Gasteiger partial charge in [0.05, 0.1) is 13.2 Å². The standard InChI is InChI=1S/C18H21N3O3/c1-23-15-5-2-6-16(10-15)24-13-18(22)21-9-8-20-12-17(21)14-4-3-7-19-11-14/h2-7,10-11,17,20H,8-9,12-13H2,1H3. The molecule has 1 atom stereocenters. The summed E-state index contributed by atoms with van der Waals surface area (Å²) in [6.07, 6.45) is 3.54. The predicted molar refractivity (Wildman–Crippen MR) is 90.0 cm³/mol. The summed E-state index contributed by atoms with van der Waals surface area (Å²) in [5, 5.41) is 3.33. The number of aromatic nitrogens is 1. The minimum atomic E-state index is -0.0341. The molecule has 126 valence electrons. The van der Waals surface area contributed by atoms with E-state index in [1.807, 2.05) is 35.2 Å². The highest BCUT2D eigenvalue weighted by Gasteiger charge is 2.28. The van der Waals surface area contributed by atoms with Crippen molar-refractivity contribution in [2.75, 3.05) is 33.4 Å². The molecule has 0 spiro atoms. The van der Waals surface area contributed by atoms with Gasteiger partial charge in [0.1, 0.15) is 11.5 Å². The maximum Gasteiger partial charge on any atom is 0.261 e. The van der Waals surface area contributed by atoms with Crippen LogP contribution in [0.3, 0.4) is 0 Å². The molecule has 6 heteroatoms. The second-order valence-electron chi connectivity index (χ2n) is 5.56. The SMILES string of the molecule is COc1cccc(OCC(=O)N2CCNCC2c2cccnc2)c1. The van der Waals surface area contributed by atoms with E-state index in [0.29, 0.717) is 18.0 Å². The van der Waals surface area contributed by atoms with E-state index in [4.69, 9.17) is 9.47 Å². The lowest BCUT2D eigenvalue weighted by molar-refractivity contribution is -0.136. The lowest BCUT2D eigenvalue weighted by atomic mass is 10.1. The molecule has 1 aliphatic heterocycles. The van der Waals surface area contributed by atoms with E-state index < -0.39 is 0 Å². The zero-order valence-corrected chi connectivity index (χ0v) is 13.6. The second-order valence-corrected chi connectivity index (χ2v) is 5.56. The van der Waals surface area contributed by atoms with E-state index in [0.717, 1.165) is 18.7 Å². The molecule has 1 amide bonds. The summed E-state index contributed by atoms with van der Waals surface area (Å²) >= 11 is 0. The number of carbonyl (C=O) groups excluding carboxylic acids is 1. The van der Waals surface area contributed by atoms with E-state index in [-0.39, 0.29) is 18.6 Å². The molecule has 0 saturated carbocycles. The first-order chi connectivity index (χ1) is 11.8. The first kappa shape index (κ1) is 16.3. The van der Waals surface area contributed by atoms with Gasteiger partial charge in [0.25, 0.3) is 5.91 Å². The van der Waals surface area contributed by atoms with Crippen molar-refractivity contribution in [1.29, 1.82) is 0 Å². The molecule has 1 aromatic heterocycles. The van der Waals surface area contributed by atoms with E-state index in [9.17, 15) is 4.79 Å². The highest BCUT2D eigenvalue weighted by atomic mass is 16.5. The highest BCUT2D eigenvalue weighted by molar-refractivity contribution is 5.78. The van der Waals surface area contributed by atoms with Gasteiger partial charge in [-0.3, -0.25) is 9.78 Å². The van der Waals surface area contributed by atoms with Crippen LogP contribution in [0.2, 0.25) is 0 Å². The minimum absolute atomic E-state index is 0.00390. The van der Waals surface area contributed by atoms with Gasteiger partial charge in [0.15, 0.2) is 6.61 Å². The minimum Gasteiger partial charge on any atom is -0.497 e. The van der Waals surface area contributed by atoms with Crippen LogP contribution in [-0.2, 0) is 4.79 Å². The molecule has 1 saturated heterocycles. The van der Waals surface area contributed by atoms with Gasteiger partial charge >= 0.3 is 0 Å². The Labute approximate surface area is 141 Å². The molecule has 6 nitrogen and oxygen atoms in total. The number of carbonyl (C=O) groups is 1. The Kier molecular flexibility index (Phi) is 5.28. The molecule has 0 radical (unpaired) electrons. The highest BCUT2D eigenvalue weighted by Crippen LogP contribution is 2.22. The van der Waals surface area contributed by atoms with Gasteiger partial charge < -0.3 is 19.7 Å². The Morgan fingerprint density at radius 1 is 1.33 bits per heavy atom. The summed E-state index contributed by atoms with van der Waals surface area (Å²) < 4.78 is 10.8. The van der Waals surface area contributed by atoms with Crippen molar-refractivity contribution in [1.82, 2.24) is 15.2 Å². The Bertz CT molecular complexity index is 678. The van der Waals surface area contributed by atoms with Crippen LogP contribution in [-0.4, -0.2) is 49.1 Å². The number of methoxy groups -OCH3 is 1. The predicted octanol–water partition coefficient (Wildman–Crippen LogP) is 1.64. The van der Waals surface area contributed by atoms with Gasteiger partial charge in [-0.2, -0.15) is 0 Å². The summed E-state index contributed by atoms with van der Waals surface area (Å²) in [5.41, 5.74) is 1.03. The van der Waals surface area contributed by atoms with Crippen molar-refractivity contribution in [3.8, 4) is 11.5 Å². The largest absolute Gasteiger partial charge is 0.497 e. The number of nitrogens with one attached hydrogen (secondary N) is 1. The van der Waals surface area contributed by atoms with Gasteiger partial charge in [0, 0.05) is 38.1 Å². The normalized spacial score (nSPS) is 17.4. The monoisotopic (exact) mass is 327 g/mol. The first-order valence-corrected chi connectivity index (χ1v) is 7.95. The quantitative estimate of drug-likeness (QED) is 0.904. The molecular weight excluding hydrogens is 306 g/mol. The molecular formula is C18H21N3O3. The molecule has 0 aliphatic carbocycles. The maximum absolute atomic E-state index is 12.6. The fourth-order valence-corrected chi connectivity index (χ4v) is 2.79. The molecule has 2 aromatic rings. The average Bonchev–Trinajstić information content (AvgIpc) is 2.67. The van der Waals surface area contributed by atoms with Crippen LogP contribution in [0.25, 0.3) is 0 Å². The summed E-state index contributed by atoms with van der Waals surface area (Å²) in [4.78, 5) is 18.6. The third-order valence-corrected chi connectivity index (χ3v) is 4.04. The number of rotatable bonds is 5. The topological polar surface area (TPSA) is 63.7 Å². The van der Waals surface area contributed by atoms with Gasteiger partial charge in [-0.05, 0) is 23.8 Å². The van der Waals surface area contributed by atoms with Crippen LogP contribution < -0.4 is 14.8 Å². The molecule has 24 heavy (non-hydrogen) atoms. The van der Waals surface area contributed by atoms with Gasteiger partial charge in [-0.1, -0.05) is 12.1 Å². The fourth-order valence-electron chi connectivity index (χ4n) is 2.79. The molecule has 3 rings (SSSR count). The fraction of sp³-hybridized carbons (Fsp3) is 0.333. The van der Waals surface area contributed by atoms with Crippen molar-refractivity contribution in [2.24, 2.45) is 0 Å².